The average Bonchev–Trinajstić information content (AvgIpc) is 3.31. The number of fused-ring (bicyclic) bond motifs is 1. The van der Waals surface area contributed by atoms with Crippen LogP contribution in [0, 0.1) is 6.92 Å². The molecule has 4 rings (SSSR count). The summed E-state index contributed by atoms with van der Waals surface area (Å²) in [5.74, 6) is 0.366. The van der Waals surface area contributed by atoms with Crippen LogP contribution in [0.5, 0.6) is 5.75 Å². The maximum atomic E-state index is 12.7. The van der Waals surface area contributed by atoms with Gasteiger partial charge in [0.15, 0.2) is 5.11 Å². The molecule has 37 heavy (non-hydrogen) atoms. The number of unbranched alkanes of at least 4 members (excludes halogenated alkanes) is 2. The van der Waals surface area contributed by atoms with E-state index in [2.05, 4.69) is 46.8 Å². The van der Waals surface area contributed by atoms with E-state index >= 15 is 0 Å². The van der Waals surface area contributed by atoms with E-state index in [9.17, 15) is 4.79 Å². The van der Waals surface area contributed by atoms with Crippen molar-refractivity contribution in [1.82, 2.24) is 20.3 Å². The van der Waals surface area contributed by atoms with Crippen LogP contribution >= 0.6 is 12.2 Å². The van der Waals surface area contributed by atoms with E-state index in [4.69, 9.17) is 17.0 Å². The van der Waals surface area contributed by atoms with Crippen LogP contribution in [-0.4, -0.2) is 32.6 Å². The van der Waals surface area contributed by atoms with Crippen molar-refractivity contribution in [1.29, 1.82) is 0 Å². The second-order valence-electron chi connectivity index (χ2n) is 9.05. The molecule has 1 aromatic heterocycles. The highest BCUT2D eigenvalue weighted by Crippen LogP contribution is 2.22. The van der Waals surface area contributed by atoms with Gasteiger partial charge in [-0.15, -0.1) is 10.2 Å². The number of benzene rings is 3. The number of nitrogens with zero attached hydrogens (tertiary/aromatic N) is 3. The molecule has 0 atom stereocenters. The van der Waals surface area contributed by atoms with Gasteiger partial charge in [0.05, 0.1) is 12.3 Å². The molecular formula is C29H33N5O2S. The van der Waals surface area contributed by atoms with Crippen molar-refractivity contribution in [2.45, 2.75) is 52.9 Å². The van der Waals surface area contributed by atoms with Crippen molar-refractivity contribution in [3.63, 3.8) is 0 Å². The number of aromatic nitrogens is 3. The third-order valence-corrected chi connectivity index (χ3v) is 6.25. The lowest BCUT2D eigenvalue weighted by molar-refractivity contribution is 0.0977. The number of carbonyl (C=O) groups excluding carboxylic acids is 1. The van der Waals surface area contributed by atoms with Gasteiger partial charge in [0.25, 0.3) is 5.91 Å². The third kappa shape index (κ3) is 6.92. The second-order valence-corrected chi connectivity index (χ2v) is 9.46. The number of hydrogen-bond donors (Lipinski definition) is 2. The summed E-state index contributed by atoms with van der Waals surface area (Å²) in [7, 11) is 0. The lowest BCUT2D eigenvalue weighted by Crippen LogP contribution is -2.34. The number of nitrogens with one attached hydrogen (secondary N) is 2. The summed E-state index contributed by atoms with van der Waals surface area (Å²) in [6, 6.07) is 19.3. The van der Waals surface area contributed by atoms with Gasteiger partial charge in [-0.05, 0) is 92.0 Å². The highest BCUT2D eigenvalue weighted by molar-refractivity contribution is 7.80. The molecule has 8 heteroatoms. The van der Waals surface area contributed by atoms with E-state index in [0.29, 0.717) is 17.9 Å². The lowest BCUT2D eigenvalue weighted by atomic mass is 10.1. The number of aryl methyl sites for hydroxylation is 2. The minimum Gasteiger partial charge on any atom is -0.494 e. The number of anilines is 1. The number of hydrogen-bond acceptors (Lipinski definition) is 5. The Kier molecular flexibility index (Phi) is 8.85. The summed E-state index contributed by atoms with van der Waals surface area (Å²) in [6.45, 7) is 6.89. The van der Waals surface area contributed by atoms with Gasteiger partial charge in [-0.3, -0.25) is 10.1 Å². The van der Waals surface area contributed by atoms with Crippen molar-refractivity contribution in [3.05, 3.63) is 77.4 Å². The number of rotatable bonds is 10. The Morgan fingerprint density at radius 3 is 2.43 bits per heavy atom. The quantitative estimate of drug-likeness (QED) is 0.188. The molecule has 3 aromatic carbocycles. The standard InChI is InChI=1S/C29H33N5O2S/c1-4-6-9-21-12-14-23(15-13-21)34-32-26-17-20(3)25(19-27(26)33-34)30-29(37)31-28(35)22-10-8-11-24(18-22)36-16-7-5-2/h8,10-15,17-19H,4-7,9,16H2,1-3H3,(H2,30,31,35,37). The van der Waals surface area contributed by atoms with Crippen molar-refractivity contribution in [2.75, 3.05) is 11.9 Å². The zero-order valence-electron chi connectivity index (χ0n) is 21.6. The Hall–Kier alpha value is -3.78. The number of carbonyl (C=O) groups is 1. The van der Waals surface area contributed by atoms with Gasteiger partial charge >= 0.3 is 0 Å². The molecule has 192 valence electrons. The fraction of sp³-hybridized carbons (Fsp3) is 0.310. The fourth-order valence-corrected chi connectivity index (χ4v) is 4.09. The molecule has 0 aliphatic carbocycles. The SMILES string of the molecule is CCCCOc1cccc(C(=O)NC(=S)Nc2cc3nn(-c4ccc(CCCC)cc4)nc3cc2C)c1. The third-order valence-electron chi connectivity index (χ3n) is 6.05. The molecule has 0 bridgehead atoms. The van der Waals surface area contributed by atoms with Gasteiger partial charge in [0, 0.05) is 11.3 Å². The predicted octanol–water partition coefficient (Wildman–Crippen LogP) is 6.38. The van der Waals surface area contributed by atoms with Crippen LogP contribution < -0.4 is 15.4 Å². The van der Waals surface area contributed by atoms with Gasteiger partial charge in [-0.25, -0.2) is 0 Å². The highest BCUT2D eigenvalue weighted by atomic mass is 32.1. The molecule has 1 amide bonds. The van der Waals surface area contributed by atoms with Crippen molar-refractivity contribution in [3.8, 4) is 11.4 Å². The van der Waals surface area contributed by atoms with Crippen LogP contribution in [0.4, 0.5) is 5.69 Å². The van der Waals surface area contributed by atoms with Crippen LogP contribution in [0.3, 0.4) is 0 Å². The van der Waals surface area contributed by atoms with Gasteiger partial charge in [0.2, 0.25) is 0 Å². The first kappa shape index (κ1) is 26.3. The van der Waals surface area contributed by atoms with Crippen molar-refractivity contribution < 1.29 is 9.53 Å². The molecule has 0 radical (unpaired) electrons. The maximum Gasteiger partial charge on any atom is 0.257 e. The first-order valence-corrected chi connectivity index (χ1v) is 13.2. The van der Waals surface area contributed by atoms with E-state index in [0.717, 1.165) is 47.2 Å². The van der Waals surface area contributed by atoms with Crippen LogP contribution in [0.2, 0.25) is 0 Å². The zero-order chi connectivity index (χ0) is 26.2. The highest BCUT2D eigenvalue weighted by Gasteiger charge is 2.13. The van der Waals surface area contributed by atoms with E-state index < -0.39 is 0 Å². The molecule has 7 nitrogen and oxygen atoms in total. The lowest BCUT2D eigenvalue weighted by Gasteiger charge is -2.12. The van der Waals surface area contributed by atoms with Gasteiger partial charge in [-0.1, -0.05) is 44.9 Å². The molecule has 0 fully saturated rings. The Labute approximate surface area is 223 Å². The Bertz CT molecular complexity index is 1380. The monoisotopic (exact) mass is 515 g/mol. The molecule has 0 spiro atoms. The van der Waals surface area contributed by atoms with E-state index in [1.165, 1.54) is 18.4 Å². The fourth-order valence-electron chi connectivity index (χ4n) is 3.89. The second kappa shape index (κ2) is 12.5. The summed E-state index contributed by atoms with van der Waals surface area (Å²) < 4.78 is 5.71. The molecule has 0 aliphatic heterocycles. The summed E-state index contributed by atoms with van der Waals surface area (Å²) in [5, 5.41) is 15.4. The normalized spacial score (nSPS) is 10.9. The molecule has 0 saturated heterocycles. The van der Waals surface area contributed by atoms with E-state index in [1.807, 2.05) is 37.3 Å². The van der Waals surface area contributed by atoms with Gasteiger partial charge in [-0.2, -0.15) is 4.80 Å². The zero-order valence-corrected chi connectivity index (χ0v) is 22.4. The van der Waals surface area contributed by atoms with Crippen molar-refractivity contribution >= 4 is 40.0 Å². The Morgan fingerprint density at radius 2 is 1.70 bits per heavy atom. The number of amides is 1. The predicted molar refractivity (Wildman–Crippen MR) is 153 cm³/mol. The van der Waals surface area contributed by atoms with Crippen LogP contribution in [0.1, 0.15) is 61.0 Å². The smallest absolute Gasteiger partial charge is 0.257 e. The average molecular weight is 516 g/mol. The van der Waals surface area contributed by atoms with Crippen LogP contribution in [0.25, 0.3) is 16.7 Å². The first-order chi connectivity index (χ1) is 18.0. The summed E-state index contributed by atoms with van der Waals surface area (Å²) >= 11 is 5.42. The molecule has 4 aromatic rings. The summed E-state index contributed by atoms with van der Waals surface area (Å²) in [4.78, 5) is 14.4. The van der Waals surface area contributed by atoms with Crippen LogP contribution in [0.15, 0.2) is 60.7 Å². The number of ether oxygens (including phenoxy) is 1. The molecule has 2 N–H and O–H groups in total. The summed E-state index contributed by atoms with van der Waals surface area (Å²) in [6.07, 6.45) is 5.45. The van der Waals surface area contributed by atoms with Gasteiger partial charge < -0.3 is 10.1 Å². The van der Waals surface area contributed by atoms with Crippen molar-refractivity contribution in [2.24, 2.45) is 0 Å². The van der Waals surface area contributed by atoms with Crippen LogP contribution in [-0.2, 0) is 6.42 Å². The molecule has 0 saturated carbocycles. The minimum absolute atomic E-state index is 0.208. The van der Waals surface area contributed by atoms with Gasteiger partial charge in [0.1, 0.15) is 16.8 Å². The molecule has 0 unspecified atom stereocenters. The largest absolute Gasteiger partial charge is 0.494 e. The Balaban J connectivity index is 1.43. The minimum atomic E-state index is -0.300. The van der Waals surface area contributed by atoms with E-state index in [-0.39, 0.29) is 11.0 Å². The molecular weight excluding hydrogens is 482 g/mol. The Morgan fingerprint density at radius 1 is 0.973 bits per heavy atom. The molecule has 1 heterocycles. The topological polar surface area (TPSA) is 81.1 Å². The number of thiocarbonyl (C=S) groups is 1. The van der Waals surface area contributed by atoms with E-state index in [1.54, 1.807) is 23.0 Å². The summed E-state index contributed by atoms with van der Waals surface area (Å²) in [5.41, 5.74) is 5.92. The maximum absolute atomic E-state index is 12.7. The molecule has 0 aliphatic rings. The first-order valence-electron chi connectivity index (χ1n) is 12.8.